The molecule has 1 N–H and O–H groups in total. The van der Waals surface area contributed by atoms with Crippen molar-refractivity contribution in [3.63, 3.8) is 0 Å². The number of nitrogens with zero attached hydrogens (tertiary/aromatic N) is 3. The van der Waals surface area contributed by atoms with E-state index in [2.05, 4.69) is 10.0 Å². The van der Waals surface area contributed by atoms with Gasteiger partial charge in [-0.25, -0.2) is 0 Å². The molecule has 0 fully saturated rings. The summed E-state index contributed by atoms with van der Waals surface area (Å²) in [7, 11) is 1.36. The first-order chi connectivity index (χ1) is 6.72. The van der Waals surface area contributed by atoms with Crippen molar-refractivity contribution < 1.29 is 14.6 Å². The van der Waals surface area contributed by atoms with E-state index in [1.54, 1.807) is 0 Å². The Labute approximate surface area is 79.4 Å². The fourth-order valence-corrected chi connectivity index (χ4v) is 0.966. The van der Waals surface area contributed by atoms with E-state index < -0.39 is 0 Å². The Bertz CT molecular complexity index is 411. The highest BCUT2D eigenvalue weighted by molar-refractivity contribution is 5.84. The summed E-state index contributed by atoms with van der Waals surface area (Å²) in [6, 6.07) is 2.47. The molecule has 6 nitrogen and oxygen atoms in total. The number of aldehydes is 1. The Balaban J connectivity index is 3.37. The van der Waals surface area contributed by atoms with Crippen LogP contribution in [0.1, 0.15) is 10.4 Å². The van der Waals surface area contributed by atoms with E-state index in [9.17, 15) is 9.90 Å². The molecule has 0 saturated carbocycles. The normalized spacial score (nSPS) is 8.93. The number of aromatic hydroxyl groups is 1. The third kappa shape index (κ3) is 1.75. The molecule has 0 aromatic heterocycles. The summed E-state index contributed by atoms with van der Waals surface area (Å²) in [5.41, 5.74) is 8.42. The molecule has 0 amide bonds. The summed E-state index contributed by atoms with van der Waals surface area (Å²) in [6.07, 6.45) is 0.520. The van der Waals surface area contributed by atoms with Crippen LogP contribution in [0.3, 0.4) is 0 Å². The Morgan fingerprint density at radius 2 is 2.36 bits per heavy atom. The zero-order valence-corrected chi connectivity index (χ0v) is 7.34. The second-order valence-corrected chi connectivity index (χ2v) is 2.39. The number of phenolic OH excluding ortho intramolecular Hbond substituents is 1. The number of rotatable bonds is 3. The zero-order chi connectivity index (χ0) is 10.6. The quantitative estimate of drug-likeness (QED) is 0.344. The number of azide groups is 1. The third-order valence-electron chi connectivity index (χ3n) is 1.61. The first-order valence-corrected chi connectivity index (χ1v) is 3.64. The Hall–Kier alpha value is -2.20. The average molecular weight is 193 g/mol. The molecule has 0 aliphatic carbocycles. The number of hydrogen-bond acceptors (Lipinski definition) is 4. The minimum atomic E-state index is -0.180. The lowest BCUT2D eigenvalue weighted by atomic mass is 10.2. The summed E-state index contributed by atoms with van der Waals surface area (Å²) in [6.45, 7) is 0. The standard InChI is InChI=1S/C8H7N3O3/c1-14-8-2-5(4-12)6(10-11-9)3-7(8)13/h2-4,13H,1H3. The predicted molar refractivity (Wildman–Crippen MR) is 48.9 cm³/mol. The van der Waals surface area contributed by atoms with Crippen LogP contribution in [0, 0.1) is 0 Å². The van der Waals surface area contributed by atoms with Gasteiger partial charge < -0.3 is 9.84 Å². The second kappa shape index (κ2) is 4.15. The smallest absolute Gasteiger partial charge is 0.161 e. The Morgan fingerprint density at radius 1 is 1.64 bits per heavy atom. The van der Waals surface area contributed by atoms with Crippen LogP contribution in [-0.4, -0.2) is 18.5 Å². The SMILES string of the molecule is COc1cc(C=O)c(N=[N+]=[N-])cc1O. The van der Waals surface area contributed by atoms with Gasteiger partial charge in [-0.05, 0) is 17.7 Å². The molecule has 0 heterocycles. The van der Waals surface area contributed by atoms with Gasteiger partial charge >= 0.3 is 0 Å². The van der Waals surface area contributed by atoms with E-state index in [4.69, 9.17) is 10.3 Å². The number of carbonyl (C=O) groups excluding carboxylic acids is 1. The van der Waals surface area contributed by atoms with Gasteiger partial charge in [-0.2, -0.15) is 0 Å². The van der Waals surface area contributed by atoms with Gasteiger partial charge in [0.15, 0.2) is 17.8 Å². The maximum atomic E-state index is 10.6. The molecule has 0 aliphatic heterocycles. The number of phenols is 1. The van der Waals surface area contributed by atoms with Gasteiger partial charge in [0.25, 0.3) is 0 Å². The van der Waals surface area contributed by atoms with Crippen molar-refractivity contribution in [2.45, 2.75) is 0 Å². The van der Waals surface area contributed by atoms with Gasteiger partial charge in [-0.3, -0.25) is 4.79 Å². The lowest BCUT2D eigenvalue weighted by Crippen LogP contribution is -1.87. The van der Waals surface area contributed by atoms with Gasteiger partial charge in [0.05, 0.1) is 12.8 Å². The van der Waals surface area contributed by atoms with Crippen LogP contribution in [0.4, 0.5) is 5.69 Å². The molecular formula is C8H7N3O3. The minimum absolute atomic E-state index is 0.0702. The molecule has 1 aromatic rings. The van der Waals surface area contributed by atoms with Crippen LogP contribution in [0.2, 0.25) is 0 Å². The lowest BCUT2D eigenvalue weighted by molar-refractivity contribution is 0.112. The average Bonchev–Trinajstić information content (AvgIpc) is 2.19. The topological polar surface area (TPSA) is 95.3 Å². The summed E-state index contributed by atoms with van der Waals surface area (Å²) < 4.78 is 4.78. The molecule has 14 heavy (non-hydrogen) atoms. The fraction of sp³-hybridized carbons (Fsp3) is 0.125. The van der Waals surface area contributed by atoms with Crippen molar-refractivity contribution in [3.05, 3.63) is 28.1 Å². The first-order valence-electron chi connectivity index (χ1n) is 3.64. The summed E-state index contributed by atoms with van der Waals surface area (Å²) in [5, 5.41) is 12.6. The van der Waals surface area contributed by atoms with Crippen molar-refractivity contribution in [1.82, 2.24) is 0 Å². The number of hydrogen-bond donors (Lipinski definition) is 1. The first kappa shape index (κ1) is 9.88. The van der Waals surface area contributed by atoms with Crippen molar-refractivity contribution in [1.29, 1.82) is 0 Å². The molecule has 72 valence electrons. The van der Waals surface area contributed by atoms with Crippen molar-refractivity contribution >= 4 is 12.0 Å². The van der Waals surface area contributed by atoms with Gasteiger partial charge in [-0.15, -0.1) is 0 Å². The van der Waals surface area contributed by atoms with Crippen LogP contribution in [0.25, 0.3) is 10.4 Å². The monoisotopic (exact) mass is 193 g/mol. The van der Waals surface area contributed by atoms with Gasteiger partial charge in [0.2, 0.25) is 0 Å². The largest absolute Gasteiger partial charge is 0.504 e. The maximum absolute atomic E-state index is 10.6. The predicted octanol–water partition coefficient (Wildman–Crippen LogP) is 2.16. The number of ether oxygens (including phenoxy) is 1. The lowest BCUT2D eigenvalue weighted by Gasteiger charge is -2.05. The fourth-order valence-electron chi connectivity index (χ4n) is 0.966. The maximum Gasteiger partial charge on any atom is 0.161 e. The van der Waals surface area contributed by atoms with E-state index in [0.717, 1.165) is 0 Å². The summed E-state index contributed by atoms with van der Waals surface area (Å²) in [4.78, 5) is 13.1. The third-order valence-corrected chi connectivity index (χ3v) is 1.61. The van der Waals surface area contributed by atoms with Crippen molar-refractivity contribution in [3.8, 4) is 11.5 Å². The molecule has 0 spiro atoms. The molecule has 0 aliphatic rings. The van der Waals surface area contributed by atoms with Gasteiger partial charge in [0.1, 0.15) is 0 Å². The van der Waals surface area contributed by atoms with Crippen LogP contribution in [0.5, 0.6) is 11.5 Å². The molecule has 6 heteroatoms. The Morgan fingerprint density at radius 3 is 2.86 bits per heavy atom. The highest BCUT2D eigenvalue weighted by atomic mass is 16.5. The molecule has 0 bridgehead atoms. The van der Waals surface area contributed by atoms with Crippen LogP contribution in [-0.2, 0) is 0 Å². The highest BCUT2D eigenvalue weighted by Gasteiger charge is 2.07. The van der Waals surface area contributed by atoms with E-state index in [-0.39, 0.29) is 22.7 Å². The molecule has 1 aromatic carbocycles. The summed E-state index contributed by atoms with van der Waals surface area (Å²) >= 11 is 0. The van der Waals surface area contributed by atoms with E-state index in [1.165, 1.54) is 19.2 Å². The Kier molecular flexibility index (Phi) is 2.93. The molecule has 0 saturated heterocycles. The molecular weight excluding hydrogens is 186 g/mol. The number of carbonyl (C=O) groups is 1. The molecule has 1 rings (SSSR count). The van der Waals surface area contributed by atoms with E-state index in [0.29, 0.717) is 6.29 Å². The van der Waals surface area contributed by atoms with Crippen LogP contribution >= 0.6 is 0 Å². The molecule has 0 unspecified atom stereocenters. The minimum Gasteiger partial charge on any atom is -0.504 e. The number of benzene rings is 1. The van der Waals surface area contributed by atoms with E-state index in [1.807, 2.05) is 0 Å². The van der Waals surface area contributed by atoms with Crippen molar-refractivity contribution in [2.24, 2.45) is 5.11 Å². The van der Waals surface area contributed by atoms with Crippen molar-refractivity contribution in [2.75, 3.05) is 7.11 Å². The molecule has 0 radical (unpaired) electrons. The highest BCUT2D eigenvalue weighted by Crippen LogP contribution is 2.33. The number of methoxy groups -OCH3 is 1. The van der Waals surface area contributed by atoms with Gasteiger partial charge in [-0.1, -0.05) is 5.11 Å². The zero-order valence-electron chi connectivity index (χ0n) is 7.34. The molecule has 0 atom stereocenters. The summed E-state index contributed by atoms with van der Waals surface area (Å²) in [5.74, 6) is -0.0236. The van der Waals surface area contributed by atoms with Crippen LogP contribution < -0.4 is 4.74 Å². The second-order valence-electron chi connectivity index (χ2n) is 2.39. The van der Waals surface area contributed by atoms with Gasteiger partial charge in [0, 0.05) is 10.5 Å². The van der Waals surface area contributed by atoms with E-state index >= 15 is 0 Å². The van der Waals surface area contributed by atoms with Crippen LogP contribution in [0.15, 0.2) is 17.2 Å².